The summed E-state index contributed by atoms with van der Waals surface area (Å²) in [6, 6.07) is 7.12. The van der Waals surface area contributed by atoms with Gasteiger partial charge in [-0.2, -0.15) is 26.3 Å². The van der Waals surface area contributed by atoms with E-state index in [1.165, 1.54) is 35.7 Å². The minimum atomic E-state index is -4.45. The number of nitrogens with one attached hydrogen (secondary N) is 1. The van der Waals surface area contributed by atoms with Crippen molar-refractivity contribution < 1.29 is 41.0 Å². The Balaban J connectivity index is 0.000000222. The summed E-state index contributed by atoms with van der Waals surface area (Å²) in [6.07, 6.45) is 4.91. The fraction of sp³-hybridized carbons (Fsp3) is 0.211. The van der Waals surface area contributed by atoms with Gasteiger partial charge in [0, 0.05) is 84.7 Å². The molecule has 4 aromatic heterocycles. The Morgan fingerprint density at radius 1 is 0.661 bits per heavy atom. The summed E-state index contributed by atoms with van der Waals surface area (Å²) in [7, 11) is 0. The van der Waals surface area contributed by atoms with Crippen molar-refractivity contribution in [2.75, 3.05) is 0 Å². The highest BCUT2D eigenvalue weighted by atomic mass is 19.4. The molecule has 0 spiro atoms. The normalized spacial score (nSPS) is 11.5. The van der Waals surface area contributed by atoms with Crippen LogP contribution in [0.4, 0.5) is 26.3 Å². The molecule has 0 unspecified atom stereocenters. The molecule has 0 radical (unpaired) electrons. The van der Waals surface area contributed by atoms with E-state index in [0.29, 0.717) is 23.5 Å². The van der Waals surface area contributed by atoms with Gasteiger partial charge in [-0.1, -0.05) is 0 Å². The Morgan fingerprint density at radius 2 is 1.08 bits per heavy atom. The third-order valence-electron chi connectivity index (χ3n) is 7.46. The van der Waals surface area contributed by atoms with Gasteiger partial charge in [-0.3, -0.25) is 4.79 Å². The molecule has 59 heavy (non-hydrogen) atoms. The van der Waals surface area contributed by atoms with Gasteiger partial charge in [0.2, 0.25) is 5.91 Å². The van der Waals surface area contributed by atoms with Crippen molar-refractivity contribution in [2.45, 2.75) is 53.1 Å². The third-order valence-corrected chi connectivity index (χ3v) is 7.46. The lowest BCUT2D eigenvalue weighted by atomic mass is 10.1. The number of aromatic nitrogens is 10. The molecule has 4 heterocycles. The van der Waals surface area contributed by atoms with Gasteiger partial charge in [0.1, 0.15) is 24.3 Å². The number of aryl methyl sites for hydroxylation is 4. The number of carbonyl (C=O) groups is 2. The second-order valence-corrected chi connectivity index (χ2v) is 12.4. The van der Waals surface area contributed by atoms with Gasteiger partial charge in [0.25, 0.3) is 0 Å². The van der Waals surface area contributed by atoms with E-state index in [0.717, 1.165) is 58.2 Å². The molecule has 2 aromatic carbocycles. The van der Waals surface area contributed by atoms with Crippen LogP contribution in [-0.2, 0) is 35.0 Å². The molecule has 21 heteroatoms. The van der Waals surface area contributed by atoms with Crippen molar-refractivity contribution in [3.8, 4) is 22.8 Å². The first kappa shape index (κ1) is 44.6. The molecule has 1 amide bonds. The number of carboxylic acid groups (broad SMARTS) is 1. The predicted octanol–water partition coefficient (Wildman–Crippen LogP) is 6.23. The standard InChI is InChI=1S/C19H17F3N6O.C13H10F3N3O2.C6H9N3/c1-12-5-15(7-16(6-12)19(20,21)22)18-26-11-28(27-18)4-3-17(29)25-10-14-8-23-13(2)24-9-14;1-8-4-9(6-10(5-8)13(14,15)16)12-17-7-19(18-12)3-2-11(20)21;1-5-8-3-6(2-7)4-9-5/h3-9,11H,10H2,1-2H3,(H,25,29);2-7H,1H3,(H,20,21);3-4H,2,7H2,1H3/b4-3-;3-2-;. The average Bonchev–Trinajstić information content (AvgIpc) is 3.86. The van der Waals surface area contributed by atoms with Crippen molar-refractivity contribution in [3.63, 3.8) is 0 Å². The van der Waals surface area contributed by atoms with E-state index < -0.39 is 29.4 Å². The largest absolute Gasteiger partial charge is 0.478 e. The molecule has 6 rings (SSSR count). The maximum Gasteiger partial charge on any atom is 0.416 e. The number of alkyl halides is 6. The van der Waals surface area contributed by atoms with E-state index >= 15 is 0 Å². The number of hydrogen-bond donors (Lipinski definition) is 3. The summed E-state index contributed by atoms with van der Waals surface area (Å²) < 4.78 is 79.6. The van der Waals surface area contributed by atoms with E-state index in [4.69, 9.17) is 10.8 Å². The minimum Gasteiger partial charge on any atom is -0.478 e. The van der Waals surface area contributed by atoms with Crippen molar-refractivity contribution in [3.05, 3.63) is 131 Å². The number of hydrogen-bond acceptors (Lipinski definition) is 11. The van der Waals surface area contributed by atoms with Gasteiger partial charge in [-0.25, -0.2) is 44.1 Å². The van der Waals surface area contributed by atoms with Crippen LogP contribution in [0.5, 0.6) is 0 Å². The van der Waals surface area contributed by atoms with Crippen LogP contribution >= 0.6 is 0 Å². The molecule has 0 aliphatic carbocycles. The van der Waals surface area contributed by atoms with Crippen LogP contribution in [-0.4, -0.2) is 66.4 Å². The van der Waals surface area contributed by atoms with Gasteiger partial charge in [-0.05, 0) is 75.2 Å². The summed E-state index contributed by atoms with van der Waals surface area (Å²) in [5.74, 6) is 0.0879. The molecule has 0 fully saturated rings. The van der Waals surface area contributed by atoms with Crippen LogP contribution in [0.2, 0.25) is 0 Å². The second kappa shape index (κ2) is 19.8. The van der Waals surface area contributed by atoms with E-state index in [2.05, 4.69) is 45.4 Å². The Hall–Kier alpha value is -7.16. The van der Waals surface area contributed by atoms with Crippen molar-refractivity contribution in [1.29, 1.82) is 0 Å². The maximum atomic E-state index is 13.0. The Labute approximate surface area is 332 Å². The molecule has 0 saturated heterocycles. The van der Waals surface area contributed by atoms with Crippen LogP contribution in [0.3, 0.4) is 0 Å². The first-order valence-electron chi connectivity index (χ1n) is 17.1. The molecule has 0 atom stereocenters. The summed E-state index contributed by atoms with van der Waals surface area (Å²) in [5, 5.41) is 19.2. The Kier molecular flexibility index (Phi) is 15.0. The minimum absolute atomic E-state index is 0.0826. The van der Waals surface area contributed by atoms with Crippen LogP contribution in [0.1, 0.15) is 45.0 Å². The molecule has 0 aliphatic rings. The highest BCUT2D eigenvalue weighted by molar-refractivity contribution is 5.90. The molecule has 15 nitrogen and oxygen atoms in total. The van der Waals surface area contributed by atoms with Crippen LogP contribution < -0.4 is 11.1 Å². The van der Waals surface area contributed by atoms with E-state index in [1.54, 1.807) is 51.6 Å². The van der Waals surface area contributed by atoms with Crippen LogP contribution in [0, 0.1) is 27.7 Å². The van der Waals surface area contributed by atoms with E-state index in [1.807, 2.05) is 6.92 Å². The van der Waals surface area contributed by atoms with Gasteiger partial charge < -0.3 is 16.2 Å². The number of nitrogens with two attached hydrogens (primary N) is 1. The Morgan fingerprint density at radius 3 is 1.49 bits per heavy atom. The summed E-state index contributed by atoms with van der Waals surface area (Å²) in [5.41, 5.74) is 6.83. The van der Waals surface area contributed by atoms with Gasteiger partial charge >= 0.3 is 18.3 Å². The number of amides is 1. The summed E-state index contributed by atoms with van der Waals surface area (Å²) in [4.78, 5) is 46.2. The summed E-state index contributed by atoms with van der Waals surface area (Å²) >= 11 is 0. The van der Waals surface area contributed by atoms with Crippen molar-refractivity contribution in [1.82, 2.24) is 54.8 Å². The smallest absolute Gasteiger partial charge is 0.416 e. The molecule has 0 bridgehead atoms. The zero-order valence-electron chi connectivity index (χ0n) is 31.7. The number of rotatable bonds is 9. The SMILES string of the molecule is Cc1cc(-c2ncn(/C=C\C(=O)NCc3cnc(C)nc3)n2)cc(C(F)(F)F)c1.Cc1cc(-c2ncn(/C=C\C(=O)O)n2)cc(C(F)(F)F)c1.Cc1ncc(CN)cn1. The molecule has 4 N–H and O–H groups in total. The lowest BCUT2D eigenvalue weighted by Gasteiger charge is -2.09. The average molecular weight is 823 g/mol. The fourth-order valence-electron chi connectivity index (χ4n) is 4.68. The first-order chi connectivity index (χ1) is 27.8. The topological polar surface area (TPSA) is 205 Å². The zero-order chi connectivity index (χ0) is 43.3. The van der Waals surface area contributed by atoms with Crippen LogP contribution in [0.15, 0.2) is 86.0 Å². The molecule has 0 saturated carbocycles. The maximum absolute atomic E-state index is 13.0. The first-order valence-corrected chi connectivity index (χ1v) is 17.1. The fourth-order valence-corrected chi connectivity index (χ4v) is 4.68. The third kappa shape index (κ3) is 14.4. The Bertz CT molecular complexity index is 2410. The summed E-state index contributed by atoms with van der Waals surface area (Å²) in [6.45, 7) is 7.49. The van der Waals surface area contributed by atoms with E-state index in [9.17, 15) is 35.9 Å². The van der Waals surface area contributed by atoms with Gasteiger partial charge in [-0.15, -0.1) is 10.2 Å². The van der Waals surface area contributed by atoms with Crippen molar-refractivity contribution in [2.24, 2.45) is 5.73 Å². The molecular weight excluding hydrogens is 786 g/mol. The highest BCUT2D eigenvalue weighted by Gasteiger charge is 2.32. The predicted molar refractivity (Wildman–Crippen MR) is 202 cm³/mol. The number of halogens is 6. The van der Waals surface area contributed by atoms with Crippen molar-refractivity contribution >= 4 is 24.3 Å². The lowest BCUT2D eigenvalue weighted by Crippen LogP contribution is -2.20. The molecule has 0 aliphatic heterocycles. The quantitative estimate of drug-likeness (QED) is 0.110. The molecule has 308 valence electrons. The number of carbonyl (C=O) groups excluding carboxylic acids is 1. The van der Waals surface area contributed by atoms with Gasteiger partial charge in [0.15, 0.2) is 11.6 Å². The highest BCUT2D eigenvalue weighted by Crippen LogP contribution is 2.33. The monoisotopic (exact) mass is 822 g/mol. The van der Waals surface area contributed by atoms with E-state index in [-0.39, 0.29) is 35.2 Å². The number of nitrogens with zero attached hydrogens (tertiary/aromatic N) is 10. The zero-order valence-corrected chi connectivity index (χ0v) is 31.7. The number of carboxylic acids is 1. The number of aliphatic carboxylic acids is 1. The number of benzene rings is 2. The molecule has 6 aromatic rings. The lowest BCUT2D eigenvalue weighted by molar-refractivity contribution is -0.138. The second-order valence-electron chi connectivity index (χ2n) is 12.4. The van der Waals surface area contributed by atoms with Crippen LogP contribution in [0.25, 0.3) is 35.2 Å². The molecular formula is C38H36F6N12O3. The van der Waals surface area contributed by atoms with Gasteiger partial charge in [0.05, 0.1) is 11.1 Å².